The first kappa shape index (κ1) is 18.5. The van der Waals surface area contributed by atoms with Crippen LogP contribution < -0.4 is 10.9 Å². The van der Waals surface area contributed by atoms with E-state index in [1.165, 1.54) is 35.4 Å². The summed E-state index contributed by atoms with van der Waals surface area (Å²) in [6, 6.07) is 11.2. The van der Waals surface area contributed by atoms with E-state index >= 15 is 0 Å². The number of aryl methyl sites for hydroxylation is 1. The fourth-order valence-electron chi connectivity index (χ4n) is 2.58. The molecule has 9 heteroatoms. The lowest BCUT2D eigenvalue weighted by atomic mass is 10.1. The second-order valence-corrected chi connectivity index (χ2v) is 7.04. The number of rotatable bonds is 5. The molecule has 1 amide bonds. The fourth-order valence-corrected chi connectivity index (χ4v) is 3.49. The fraction of sp³-hybridized carbons (Fsp3) is 0.0500. The Labute approximate surface area is 168 Å². The number of anilines is 1. The number of pyridine rings is 2. The molecule has 29 heavy (non-hydrogen) atoms. The second-order valence-electron chi connectivity index (χ2n) is 6.04. The largest absolute Gasteiger partial charge is 0.463 e. The number of nitrogens with zero attached hydrogens (tertiary/aromatic N) is 3. The highest BCUT2D eigenvalue weighted by Crippen LogP contribution is 2.33. The van der Waals surface area contributed by atoms with Crippen LogP contribution in [0.3, 0.4) is 0 Å². The molecule has 8 nitrogen and oxygen atoms in total. The number of ketones is 1. The van der Waals surface area contributed by atoms with Crippen LogP contribution in [-0.2, 0) is 7.05 Å². The van der Waals surface area contributed by atoms with Crippen molar-refractivity contribution in [3.05, 3.63) is 87.6 Å². The lowest BCUT2D eigenvalue weighted by molar-refractivity contribution is 0.102. The molecule has 0 spiro atoms. The summed E-state index contributed by atoms with van der Waals surface area (Å²) in [5.74, 6) is -0.433. The van der Waals surface area contributed by atoms with Crippen molar-refractivity contribution in [1.29, 1.82) is 0 Å². The van der Waals surface area contributed by atoms with Gasteiger partial charge in [-0.05, 0) is 30.3 Å². The third-order valence-electron chi connectivity index (χ3n) is 4.07. The van der Waals surface area contributed by atoms with Gasteiger partial charge in [0.1, 0.15) is 16.3 Å². The summed E-state index contributed by atoms with van der Waals surface area (Å²) in [6.45, 7) is 0. The first-order valence-corrected chi connectivity index (χ1v) is 9.33. The summed E-state index contributed by atoms with van der Waals surface area (Å²) in [4.78, 5) is 45.9. The summed E-state index contributed by atoms with van der Waals surface area (Å²) in [7, 11) is 1.59. The number of nitrogens with one attached hydrogen (secondary N) is 1. The van der Waals surface area contributed by atoms with Gasteiger partial charge in [-0.3, -0.25) is 24.7 Å². The van der Waals surface area contributed by atoms with E-state index in [0.717, 1.165) is 11.3 Å². The Hall–Kier alpha value is -3.85. The highest BCUT2D eigenvalue weighted by molar-refractivity contribution is 7.18. The maximum Gasteiger partial charge on any atom is 0.257 e. The quantitative estimate of drug-likeness (QED) is 0.511. The zero-order valence-electron chi connectivity index (χ0n) is 15.2. The summed E-state index contributed by atoms with van der Waals surface area (Å²) < 4.78 is 6.75. The highest BCUT2D eigenvalue weighted by Gasteiger charge is 2.24. The third kappa shape index (κ3) is 3.76. The highest BCUT2D eigenvalue weighted by atomic mass is 32.1. The Morgan fingerprint density at radius 3 is 2.72 bits per heavy atom. The molecule has 0 fully saturated rings. The van der Waals surface area contributed by atoms with Crippen LogP contribution in [-0.4, -0.2) is 26.2 Å². The van der Waals surface area contributed by atoms with Gasteiger partial charge in [0.15, 0.2) is 10.9 Å². The number of carbonyl (C=O) groups is 2. The molecule has 0 saturated heterocycles. The van der Waals surface area contributed by atoms with Gasteiger partial charge in [0, 0.05) is 31.1 Å². The van der Waals surface area contributed by atoms with Crippen LogP contribution in [0.25, 0.3) is 11.5 Å². The topological polar surface area (TPSA) is 107 Å². The average Bonchev–Trinajstić information content (AvgIpc) is 3.40. The number of amides is 1. The van der Waals surface area contributed by atoms with Gasteiger partial charge in [0.25, 0.3) is 11.5 Å². The van der Waals surface area contributed by atoms with Gasteiger partial charge >= 0.3 is 0 Å². The minimum absolute atomic E-state index is 0.195. The Balaban J connectivity index is 1.70. The molecule has 0 aliphatic rings. The molecule has 4 aromatic heterocycles. The molecule has 1 N–H and O–H groups in total. The number of thiazole rings is 1. The number of hydrogen-bond donors (Lipinski definition) is 1. The van der Waals surface area contributed by atoms with Crippen molar-refractivity contribution in [3.8, 4) is 11.5 Å². The smallest absolute Gasteiger partial charge is 0.257 e. The standard InChI is InChI=1S/C20H14N4O4S/c1-24-9-7-12(11-15(24)25)19(27)23-20-22-16(14-6-4-10-28-14)18(29-20)17(26)13-5-2-3-8-21-13/h2-11H,1H3,(H,22,23,27). The summed E-state index contributed by atoms with van der Waals surface area (Å²) in [5, 5.41) is 2.85. The molecule has 0 unspecified atom stereocenters. The molecule has 0 radical (unpaired) electrons. The van der Waals surface area contributed by atoms with Crippen LogP contribution in [0.2, 0.25) is 0 Å². The van der Waals surface area contributed by atoms with Gasteiger partial charge < -0.3 is 8.98 Å². The Morgan fingerprint density at radius 2 is 2.03 bits per heavy atom. The molecule has 4 heterocycles. The van der Waals surface area contributed by atoms with Gasteiger partial charge in [-0.1, -0.05) is 17.4 Å². The minimum atomic E-state index is -0.501. The van der Waals surface area contributed by atoms with Gasteiger partial charge in [-0.25, -0.2) is 4.98 Å². The zero-order valence-corrected chi connectivity index (χ0v) is 16.0. The van der Waals surface area contributed by atoms with Gasteiger partial charge in [-0.2, -0.15) is 0 Å². The maximum absolute atomic E-state index is 12.9. The van der Waals surface area contributed by atoms with E-state index in [1.54, 1.807) is 37.4 Å². The molecule has 0 aliphatic carbocycles. The molecule has 0 aromatic carbocycles. The van der Waals surface area contributed by atoms with Crippen molar-refractivity contribution >= 4 is 28.2 Å². The molecule has 4 rings (SSSR count). The number of furan rings is 1. The lowest BCUT2D eigenvalue weighted by Crippen LogP contribution is -2.19. The van der Waals surface area contributed by atoms with Crippen molar-refractivity contribution in [2.75, 3.05) is 5.32 Å². The normalized spacial score (nSPS) is 10.7. The predicted molar refractivity (Wildman–Crippen MR) is 107 cm³/mol. The molecule has 4 aromatic rings. The van der Waals surface area contributed by atoms with Crippen molar-refractivity contribution < 1.29 is 14.0 Å². The Kier molecular flexibility index (Phi) is 4.88. The molecular weight excluding hydrogens is 392 g/mol. The summed E-state index contributed by atoms with van der Waals surface area (Å²) in [5.41, 5.74) is 0.461. The predicted octanol–water partition coefficient (Wildman–Crippen LogP) is 2.98. The minimum Gasteiger partial charge on any atom is -0.463 e. The van der Waals surface area contributed by atoms with Crippen LogP contribution in [0.4, 0.5) is 5.13 Å². The SMILES string of the molecule is Cn1ccc(C(=O)Nc2nc(-c3ccco3)c(C(=O)c3ccccn3)s2)cc1=O. The van der Waals surface area contributed by atoms with E-state index < -0.39 is 5.91 Å². The van der Waals surface area contributed by atoms with Crippen LogP contribution in [0.5, 0.6) is 0 Å². The number of hydrogen-bond acceptors (Lipinski definition) is 7. The van der Waals surface area contributed by atoms with Crippen molar-refractivity contribution in [2.24, 2.45) is 7.05 Å². The molecule has 0 saturated carbocycles. The van der Waals surface area contributed by atoms with E-state index in [4.69, 9.17) is 4.42 Å². The number of aromatic nitrogens is 3. The third-order valence-corrected chi connectivity index (χ3v) is 5.04. The molecule has 144 valence electrons. The molecule has 0 atom stereocenters. The molecular formula is C20H14N4O4S. The van der Waals surface area contributed by atoms with Crippen molar-refractivity contribution in [2.45, 2.75) is 0 Å². The average molecular weight is 406 g/mol. The van der Waals surface area contributed by atoms with Crippen LogP contribution in [0, 0.1) is 0 Å². The van der Waals surface area contributed by atoms with Crippen molar-refractivity contribution in [1.82, 2.24) is 14.5 Å². The van der Waals surface area contributed by atoms with Gasteiger partial charge in [-0.15, -0.1) is 0 Å². The van der Waals surface area contributed by atoms with Crippen LogP contribution in [0.15, 0.2) is 70.3 Å². The van der Waals surface area contributed by atoms with Gasteiger partial charge in [0.05, 0.1) is 6.26 Å². The van der Waals surface area contributed by atoms with Crippen molar-refractivity contribution in [3.63, 3.8) is 0 Å². The van der Waals surface area contributed by atoms with Gasteiger partial charge in [0.2, 0.25) is 5.78 Å². The van der Waals surface area contributed by atoms with Crippen LogP contribution >= 0.6 is 11.3 Å². The maximum atomic E-state index is 12.9. The summed E-state index contributed by atoms with van der Waals surface area (Å²) in [6.07, 6.45) is 4.50. The Morgan fingerprint density at radius 1 is 1.17 bits per heavy atom. The van der Waals surface area contributed by atoms with Crippen LogP contribution in [0.1, 0.15) is 25.7 Å². The molecule has 0 bridgehead atoms. The monoisotopic (exact) mass is 406 g/mol. The zero-order chi connectivity index (χ0) is 20.4. The lowest BCUT2D eigenvalue weighted by Gasteiger charge is -2.02. The van der Waals surface area contributed by atoms with E-state index in [-0.39, 0.29) is 32.6 Å². The van der Waals surface area contributed by atoms with E-state index in [1.807, 2.05) is 0 Å². The Bertz CT molecular complexity index is 1240. The van der Waals surface area contributed by atoms with E-state index in [0.29, 0.717) is 11.5 Å². The first-order valence-electron chi connectivity index (χ1n) is 8.51. The van der Waals surface area contributed by atoms with E-state index in [9.17, 15) is 14.4 Å². The number of carbonyl (C=O) groups excluding carboxylic acids is 2. The first-order chi connectivity index (χ1) is 14.0. The summed E-state index contributed by atoms with van der Waals surface area (Å²) >= 11 is 1.02. The second kappa shape index (κ2) is 7.64. The van der Waals surface area contributed by atoms with E-state index in [2.05, 4.69) is 15.3 Å². The molecule has 0 aliphatic heterocycles.